The largest absolute Gasteiger partial charge is 0.480 e. The predicted molar refractivity (Wildman–Crippen MR) is 55.1 cm³/mol. The fraction of sp³-hybridized carbons (Fsp3) is 0.900. The Labute approximate surface area is 85.1 Å². The van der Waals surface area contributed by atoms with Crippen LogP contribution in [0.2, 0.25) is 0 Å². The summed E-state index contributed by atoms with van der Waals surface area (Å²) in [6.45, 7) is 6.21. The van der Waals surface area contributed by atoms with Gasteiger partial charge in [-0.3, -0.25) is 4.79 Å². The molecule has 0 bridgehead atoms. The molecule has 0 aliphatic carbocycles. The summed E-state index contributed by atoms with van der Waals surface area (Å²) < 4.78 is 0. The first-order chi connectivity index (χ1) is 6.42. The molecule has 3 N–H and O–H groups in total. The summed E-state index contributed by atoms with van der Waals surface area (Å²) in [5.41, 5.74) is 4.57. The van der Waals surface area contributed by atoms with Crippen LogP contribution in [0, 0.1) is 5.92 Å². The van der Waals surface area contributed by atoms with Crippen LogP contribution in [0.1, 0.15) is 26.7 Å². The van der Waals surface area contributed by atoms with Crippen LogP contribution in [-0.4, -0.2) is 41.1 Å². The Morgan fingerprint density at radius 3 is 2.50 bits per heavy atom. The average molecular weight is 200 g/mol. The molecule has 1 aliphatic rings. The van der Waals surface area contributed by atoms with Gasteiger partial charge in [0, 0.05) is 6.54 Å². The Kier molecular flexibility index (Phi) is 3.50. The highest BCUT2D eigenvalue weighted by atomic mass is 16.4. The zero-order valence-electron chi connectivity index (χ0n) is 8.99. The van der Waals surface area contributed by atoms with E-state index in [1.807, 2.05) is 0 Å². The van der Waals surface area contributed by atoms with Gasteiger partial charge in [-0.2, -0.15) is 0 Å². The summed E-state index contributed by atoms with van der Waals surface area (Å²) >= 11 is 0. The monoisotopic (exact) mass is 200 g/mol. The van der Waals surface area contributed by atoms with Gasteiger partial charge in [-0.25, -0.2) is 0 Å². The Balaban J connectivity index is 2.41. The zero-order chi connectivity index (χ0) is 10.8. The lowest BCUT2D eigenvalue weighted by Crippen LogP contribution is -2.55. The molecule has 1 atom stereocenters. The van der Waals surface area contributed by atoms with E-state index >= 15 is 0 Å². The van der Waals surface area contributed by atoms with Gasteiger partial charge in [-0.1, -0.05) is 6.92 Å². The fourth-order valence-electron chi connectivity index (χ4n) is 1.75. The Morgan fingerprint density at radius 2 is 2.07 bits per heavy atom. The summed E-state index contributed by atoms with van der Waals surface area (Å²) in [6.07, 6.45) is 2.30. The number of carboxylic acid groups (broad SMARTS) is 1. The molecule has 4 nitrogen and oxygen atoms in total. The molecular weight excluding hydrogens is 180 g/mol. The smallest absolute Gasteiger partial charge is 0.324 e. The third kappa shape index (κ3) is 2.96. The Bertz CT molecular complexity index is 208. The van der Waals surface area contributed by atoms with Gasteiger partial charge in [0.25, 0.3) is 0 Å². The van der Waals surface area contributed by atoms with Gasteiger partial charge in [0.05, 0.1) is 0 Å². The van der Waals surface area contributed by atoms with Gasteiger partial charge in [-0.05, 0) is 38.8 Å². The summed E-state index contributed by atoms with van der Waals surface area (Å²) in [7, 11) is 0. The van der Waals surface area contributed by atoms with E-state index in [4.69, 9.17) is 10.8 Å². The molecule has 1 heterocycles. The highest BCUT2D eigenvalue weighted by Crippen LogP contribution is 2.17. The van der Waals surface area contributed by atoms with Gasteiger partial charge in [0.1, 0.15) is 5.54 Å². The molecule has 1 fully saturated rings. The molecule has 1 rings (SSSR count). The van der Waals surface area contributed by atoms with E-state index in [0.29, 0.717) is 6.54 Å². The number of likely N-dealkylation sites (tertiary alicyclic amines) is 1. The van der Waals surface area contributed by atoms with Crippen molar-refractivity contribution in [2.24, 2.45) is 11.7 Å². The lowest BCUT2D eigenvalue weighted by molar-refractivity contribution is -0.143. The number of nitrogens with two attached hydrogens (primary N) is 1. The second-order valence-electron chi connectivity index (χ2n) is 4.68. The van der Waals surface area contributed by atoms with Crippen molar-refractivity contribution in [1.29, 1.82) is 0 Å². The molecule has 0 saturated carbocycles. The number of nitrogens with zero attached hydrogens (tertiary/aromatic N) is 1. The van der Waals surface area contributed by atoms with Gasteiger partial charge in [0.15, 0.2) is 0 Å². The van der Waals surface area contributed by atoms with Gasteiger partial charge < -0.3 is 15.7 Å². The molecule has 82 valence electrons. The van der Waals surface area contributed by atoms with Gasteiger partial charge >= 0.3 is 5.97 Å². The molecule has 0 amide bonds. The number of hydrogen-bond donors (Lipinski definition) is 2. The van der Waals surface area contributed by atoms with E-state index in [9.17, 15) is 4.79 Å². The van der Waals surface area contributed by atoms with Crippen molar-refractivity contribution in [2.45, 2.75) is 32.2 Å². The molecule has 1 aliphatic heterocycles. The Morgan fingerprint density at radius 1 is 1.57 bits per heavy atom. The van der Waals surface area contributed by atoms with E-state index in [2.05, 4.69) is 11.8 Å². The molecular formula is C10H20N2O2. The number of hydrogen-bond acceptors (Lipinski definition) is 3. The first kappa shape index (κ1) is 11.5. The van der Waals surface area contributed by atoms with Gasteiger partial charge in [-0.15, -0.1) is 0 Å². The molecule has 0 radical (unpaired) electrons. The SMILES string of the molecule is CC1CCN(CC(C)(N)C(=O)O)CC1. The van der Waals surface area contributed by atoms with E-state index in [0.717, 1.165) is 31.8 Å². The van der Waals surface area contributed by atoms with E-state index in [1.54, 1.807) is 6.92 Å². The molecule has 0 aromatic carbocycles. The molecule has 1 saturated heterocycles. The minimum Gasteiger partial charge on any atom is -0.480 e. The standard InChI is InChI=1S/C10H20N2O2/c1-8-3-5-12(6-4-8)7-10(2,11)9(13)14/h8H,3-7,11H2,1-2H3,(H,13,14). The van der Waals surface area contributed by atoms with Gasteiger partial charge in [0.2, 0.25) is 0 Å². The summed E-state index contributed by atoms with van der Waals surface area (Å²) in [5.74, 6) is -0.156. The first-order valence-corrected chi connectivity index (χ1v) is 5.16. The van der Waals surface area contributed by atoms with Crippen LogP contribution in [0.5, 0.6) is 0 Å². The number of carbonyl (C=O) groups is 1. The maximum atomic E-state index is 10.8. The van der Waals surface area contributed by atoms with Crippen molar-refractivity contribution in [2.75, 3.05) is 19.6 Å². The second-order valence-corrected chi connectivity index (χ2v) is 4.68. The highest BCUT2D eigenvalue weighted by molar-refractivity contribution is 5.78. The van der Waals surface area contributed by atoms with Crippen molar-refractivity contribution in [3.8, 4) is 0 Å². The number of piperidine rings is 1. The normalized spacial score (nSPS) is 24.5. The molecule has 4 heteroatoms. The van der Waals surface area contributed by atoms with Crippen molar-refractivity contribution in [3.63, 3.8) is 0 Å². The molecule has 0 aromatic rings. The summed E-state index contributed by atoms with van der Waals surface area (Å²) in [6, 6.07) is 0. The molecule has 14 heavy (non-hydrogen) atoms. The van der Waals surface area contributed by atoms with E-state index in [-0.39, 0.29) is 0 Å². The summed E-state index contributed by atoms with van der Waals surface area (Å²) in [4.78, 5) is 13.0. The van der Waals surface area contributed by atoms with Crippen LogP contribution in [-0.2, 0) is 4.79 Å². The quantitative estimate of drug-likeness (QED) is 0.697. The van der Waals surface area contributed by atoms with Crippen molar-refractivity contribution in [1.82, 2.24) is 4.90 Å². The Hall–Kier alpha value is -0.610. The topological polar surface area (TPSA) is 66.6 Å². The minimum absolute atomic E-state index is 0.453. The highest BCUT2D eigenvalue weighted by Gasteiger charge is 2.31. The fourth-order valence-corrected chi connectivity index (χ4v) is 1.75. The van der Waals surface area contributed by atoms with Crippen LogP contribution in [0.15, 0.2) is 0 Å². The summed E-state index contributed by atoms with van der Waals surface area (Å²) in [5, 5.41) is 8.87. The number of rotatable bonds is 3. The van der Waals surface area contributed by atoms with Crippen molar-refractivity contribution >= 4 is 5.97 Å². The maximum absolute atomic E-state index is 10.8. The van der Waals surface area contributed by atoms with Crippen molar-refractivity contribution < 1.29 is 9.90 Å². The van der Waals surface area contributed by atoms with Crippen LogP contribution in [0.3, 0.4) is 0 Å². The average Bonchev–Trinajstić information content (AvgIpc) is 2.08. The second kappa shape index (κ2) is 4.28. The van der Waals surface area contributed by atoms with Crippen LogP contribution in [0.25, 0.3) is 0 Å². The molecule has 1 unspecified atom stereocenters. The van der Waals surface area contributed by atoms with Crippen molar-refractivity contribution in [3.05, 3.63) is 0 Å². The number of carboxylic acids is 1. The molecule has 0 aromatic heterocycles. The van der Waals surface area contributed by atoms with Crippen LogP contribution >= 0.6 is 0 Å². The lowest BCUT2D eigenvalue weighted by Gasteiger charge is -2.34. The van der Waals surface area contributed by atoms with Crippen LogP contribution < -0.4 is 5.73 Å². The maximum Gasteiger partial charge on any atom is 0.324 e. The third-order valence-electron chi connectivity index (χ3n) is 2.92. The third-order valence-corrected chi connectivity index (χ3v) is 2.92. The molecule has 0 spiro atoms. The van der Waals surface area contributed by atoms with E-state index < -0.39 is 11.5 Å². The number of aliphatic carboxylic acids is 1. The minimum atomic E-state index is -1.11. The van der Waals surface area contributed by atoms with Crippen LogP contribution in [0.4, 0.5) is 0 Å². The first-order valence-electron chi connectivity index (χ1n) is 5.16. The predicted octanol–water partition coefficient (Wildman–Crippen LogP) is 0.520. The lowest BCUT2D eigenvalue weighted by atomic mass is 9.96. The van der Waals surface area contributed by atoms with E-state index in [1.165, 1.54) is 0 Å². The zero-order valence-corrected chi connectivity index (χ0v) is 8.99.